The van der Waals surface area contributed by atoms with Crippen molar-refractivity contribution in [2.75, 3.05) is 25.0 Å². The molecule has 1 heterocycles. The minimum Gasteiger partial charge on any atom is -0.374 e. The number of benzene rings is 1. The molecule has 0 N–H and O–H groups in total. The van der Waals surface area contributed by atoms with Crippen molar-refractivity contribution in [3.63, 3.8) is 0 Å². The van der Waals surface area contributed by atoms with Gasteiger partial charge in [-0.05, 0) is 37.8 Å². The lowest BCUT2D eigenvalue weighted by molar-refractivity contribution is 0.386. The van der Waals surface area contributed by atoms with Crippen LogP contribution in [0, 0.1) is 17.9 Å². The molecule has 19 heavy (non-hydrogen) atoms. The van der Waals surface area contributed by atoms with Crippen LogP contribution < -0.4 is 4.90 Å². The number of hydrogen-bond donors (Lipinski definition) is 0. The van der Waals surface area contributed by atoms with E-state index in [2.05, 4.69) is 59.3 Å². The highest BCUT2D eigenvalue weighted by Gasteiger charge is 2.22. The van der Waals surface area contributed by atoms with Gasteiger partial charge in [0.25, 0.3) is 0 Å². The van der Waals surface area contributed by atoms with Crippen LogP contribution in [0.1, 0.15) is 19.4 Å². The maximum Gasteiger partial charge on any atom is 0.0396 e. The molecule has 0 radical (unpaired) electrons. The van der Waals surface area contributed by atoms with Crippen molar-refractivity contribution in [2.24, 2.45) is 5.92 Å². The third-order valence-electron chi connectivity index (χ3n) is 3.48. The fraction of sp³-hybridized carbons (Fsp3) is 0.412. The molecule has 2 nitrogen and oxygen atoms in total. The van der Waals surface area contributed by atoms with Crippen LogP contribution in [0.4, 0.5) is 5.69 Å². The smallest absolute Gasteiger partial charge is 0.0396 e. The van der Waals surface area contributed by atoms with Gasteiger partial charge in [0.15, 0.2) is 0 Å². The van der Waals surface area contributed by atoms with Crippen molar-refractivity contribution < 1.29 is 0 Å². The lowest BCUT2D eigenvalue weighted by Gasteiger charge is -2.34. The van der Waals surface area contributed by atoms with Gasteiger partial charge in [-0.3, -0.25) is 0 Å². The summed E-state index contributed by atoms with van der Waals surface area (Å²) >= 11 is 0. The number of rotatable bonds is 3. The highest BCUT2D eigenvalue weighted by atomic mass is 15.1. The zero-order valence-corrected chi connectivity index (χ0v) is 12.1. The molecule has 0 saturated carbocycles. The van der Waals surface area contributed by atoms with Crippen molar-refractivity contribution in [1.29, 1.82) is 0 Å². The van der Waals surface area contributed by atoms with E-state index in [-0.39, 0.29) is 0 Å². The average Bonchev–Trinajstić information content (AvgIpc) is 2.39. The molecule has 0 amide bonds. The first kappa shape index (κ1) is 13.5. The largest absolute Gasteiger partial charge is 0.374 e. The molecule has 1 aliphatic rings. The van der Waals surface area contributed by atoms with E-state index in [9.17, 15) is 0 Å². The SMILES string of the molecule is CC#CN(/C=C\C)CC1Cc2ccccc2N(C)C1. The topological polar surface area (TPSA) is 6.48 Å². The second kappa shape index (κ2) is 6.33. The minimum absolute atomic E-state index is 0.622. The van der Waals surface area contributed by atoms with E-state index in [4.69, 9.17) is 0 Å². The predicted octanol–water partition coefficient (Wildman–Crippen LogP) is 3.11. The Morgan fingerprint density at radius 3 is 2.95 bits per heavy atom. The second-order valence-corrected chi connectivity index (χ2v) is 5.08. The van der Waals surface area contributed by atoms with Crippen LogP contribution in [-0.4, -0.2) is 25.0 Å². The summed E-state index contributed by atoms with van der Waals surface area (Å²) < 4.78 is 0. The summed E-state index contributed by atoms with van der Waals surface area (Å²) in [5.41, 5.74) is 2.82. The molecule has 0 bridgehead atoms. The number of para-hydroxylation sites is 1. The molecule has 0 aliphatic carbocycles. The summed E-state index contributed by atoms with van der Waals surface area (Å²) in [6, 6.07) is 11.8. The van der Waals surface area contributed by atoms with Gasteiger partial charge in [-0.25, -0.2) is 0 Å². The highest BCUT2D eigenvalue weighted by Crippen LogP contribution is 2.28. The van der Waals surface area contributed by atoms with Crippen molar-refractivity contribution in [3.05, 3.63) is 42.1 Å². The summed E-state index contributed by atoms with van der Waals surface area (Å²) in [6.07, 6.45) is 5.25. The van der Waals surface area contributed by atoms with Gasteiger partial charge in [-0.15, -0.1) is 0 Å². The van der Waals surface area contributed by atoms with Crippen molar-refractivity contribution in [1.82, 2.24) is 4.90 Å². The summed E-state index contributed by atoms with van der Waals surface area (Å²) in [5, 5.41) is 0. The monoisotopic (exact) mass is 254 g/mol. The minimum atomic E-state index is 0.622. The van der Waals surface area contributed by atoms with Gasteiger partial charge in [-0.1, -0.05) is 30.2 Å². The quantitative estimate of drug-likeness (QED) is 0.604. The molecule has 1 atom stereocenters. The molecule has 1 unspecified atom stereocenters. The fourth-order valence-corrected chi connectivity index (χ4v) is 2.78. The zero-order chi connectivity index (χ0) is 13.7. The molecular weight excluding hydrogens is 232 g/mol. The van der Waals surface area contributed by atoms with Gasteiger partial charge in [0, 0.05) is 38.1 Å². The van der Waals surface area contributed by atoms with Gasteiger partial charge in [0.2, 0.25) is 0 Å². The molecule has 0 fully saturated rings. The predicted molar refractivity (Wildman–Crippen MR) is 81.9 cm³/mol. The Hall–Kier alpha value is -1.88. The van der Waals surface area contributed by atoms with Crippen LogP contribution in [0.3, 0.4) is 0 Å². The number of fused-ring (bicyclic) bond motifs is 1. The first-order chi connectivity index (χ1) is 9.24. The maximum atomic E-state index is 3.15. The third kappa shape index (κ3) is 3.32. The van der Waals surface area contributed by atoms with E-state index in [0.29, 0.717) is 5.92 Å². The van der Waals surface area contributed by atoms with Crippen LogP contribution in [0.5, 0.6) is 0 Å². The van der Waals surface area contributed by atoms with E-state index in [0.717, 1.165) is 19.5 Å². The molecule has 2 rings (SSSR count). The van der Waals surface area contributed by atoms with E-state index in [1.165, 1.54) is 11.3 Å². The average molecular weight is 254 g/mol. The molecule has 2 heteroatoms. The molecule has 100 valence electrons. The number of nitrogens with zero attached hydrogens (tertiary/aromatic N) is 2. The number of allylic oxidation sites excluding steroid dienone is 1. The third-order valence-corrected chi connectivity index (χ3v) is 3.48. The number of hydrogen-bond acceptors (Lipinski definition) is 2. The first-order valence-corrected chi connectivity index (χ1v) is 6.85. The second-order valence-electron chi connectivity index (χ2n) is 5.08. The van der Waals surface area contributed by atoms with Crippen LogP contribution in [0.25, 0.3) is 0 Å². The molecule has 0 spiro atoms. The van der Waals surface area contributed by atoms with E-state index < -0.39 is 0 Å². The lowest BCUT2D eigenvalue weighted by atomic mass is 9.92. The lowest BCUT2D eigenvalue weighted by Crippen LogP contribution is -2.37. The Balaban J connectivity index is 2.09. The summed E-state index contributed by atoms with van der Waals surface area (Å²) in [5.74, 6) is 3.61. The molecule has 0 aromatic heterocycles. The van der Waals surface area contributed by atoms with E-state index in [1.54, 1.807) is 0 Å². The Morgan fingerprint density at radius 2 is 2.21 bits per heavy atom. The maximum absolute atomic E-state index is 3.15. The molecule has 1 aromatic carbocycles. The number of anilines is 1. The zero-order valence-electron chi connectivity index (χ0n) is 12.1. The standard InChI is InChI=1S/C17H22N2/c1-4-10-19(11-5-2)14-15-12-16-8-6-7-9-17(16)18(3)13-15/h4,6-10,15H,12-14H2,1-3H3/b10-4-. The van der Waals surface area contributed by atoms with Gasteiger partial charge >= 0.3 is 0 Å². The molecule has 1 aliphatic heterocycles. The Kier molecular flexibility index (Phi) is 4.52. The highest BCUT2D eigenvalue weighted by molar-refractivity contribution is 5.55. The van der Waals surface area contributed by atoms with Crippen molar-refractivity contribution in [3.8, 4) is 12.0 Å². The van der Waals surface area contributed by atoms with Crippen LogP contribution in [-0.2, 0) is 6.42 Å². The normalized spacial score (nSPS) is 17.8. The summed E-state index contributed by atoms with van der Waals surface area (Å²) in [6.45, 7) is 6.01. The Bertz CT molecular complexity index is 507. The van der Waals surface area contributed by atoms with Crippen LogP contribution in [0.15, 0.2) is 36.5 Å². The molecular formula is C17H22N2. The molecule has 1 aromatic rings. The van der Waals surface area contributed by atoms with Gasteiger partial charge in [0.1, 0.15) is 0 Å². The summed E-state index contributed by atoms with van der Waals surface area (Å²) in [4.78, 5) is 4.46. The van der Waals surface area contributed by atoms with Crippen LogP contribution >= 0.6 is 0 Å². The summed E-state index contributed by atoms with van der Waals surface area (Å²) in [7, 11) is 2.18. The van der Waals surface area contributed by atoms with Crippen LogP contribution in [0.2, 0.25) is 0 Å². The Labute approximate surface area is 116 Å². The van der Waals surface area contributed by atoms with Gasteiger partial charge in [-0.2, -0.15) is 0 Å². The first-order valence-electron chi connectivity index (χ1n) is 6.85. The van der Waals surface area contributed by atoms with Gasteiger partial charge in [0.05, 0.1) is 0 Å². The molecule has 0 saturated heterocycles. The van der Waals surface area contributed by atoms with E-state index >= 15 is 0 Å². The van der Waals surface area contributed by atoms with Gasteiger partial charge < -0.3 is 9.80 Å². The van der Waals surface area contributed by atoms with E-state index in [1.807, 2.05) is 19.9 Å². The fourth-order valence-electron chi connectivity index (χ4n) is 2.78. The Morgan fingerprint density at radius 1 is 1.42 bits per heavy atom. The van der Waals surface area contributed by atoms with Crippen molar-refractivity contribution in [2.45, 2.75) is 20.3 Å². The van der Waals surface area contributed by atoms with Crippen molar-refractivity contribution >= 4 is 5.69 Å².